The van der Waals surface area contributed by atoms with Gasteiger partial charge in [0, 0.05) is 52.0 Å². The molecule has 0 saturated heterocycles. The summed E-state index contributed by atoms with van der Waals surface area (Å²) in [4.78, 5) is 3.63. The fourth-order valence-corrected chi connectivity index (χ4v) is 8.63. The normalized spacial score (nSPS) is 20.3. The fraction of sp³-hybridized carbons (Fsp3) is 0.275. The first-order valence-corrected chi connectivity index (χ1v) is 17.0. The van der Waals surface area contributed by atoms with Crippen molar-refractivity contribution in [3.8, 4) is 11.3 Å². The predicted molar refractivity (Wildman–Crippen MR) is 192 cm³/mol. The van der Waals surface area contributed by atoms with Crippen molar-refractivity contribution in [2.45, 2.75) is 62.8 Å². The molecule has 1 aromatic heterocycles. The molecule has 6 heteroatoms. The summed E-state index contributed by atoms with van der Waals surface area (Å²) >= 11 is 1.74. The van der Waals surface area contributed by atoms with Gasteiger partial charge in [-0.1, -0.05) is 104 Å². The van der Waals surface area contributed by atoms with Gasteiger partial charge >= 0.3 is 0 Å². The number of para-hydroxylation sites is 2. The Bertz CT molecular complexity index is 1970. The highest BCUT2D eigenvalue weighted by Crippen LogP contribution is 2.48. The second kappa shape index (κ2) is 11.7. The van der Waals surface area contributed by atoms with Gasteiger partial charge in [0.15, 0.2) is 10.7 Å². The lowest BCUT2D eigenvalue weighted by molar-refractivity contribution is -0.401. The molecule has 4 aromatic rings. The molecule has 46 heavy (non-hydrogen) atoms. The Morgan fingerprint density at radius 1 is 0.804 bits per heavy atom. The number of nitrogens with one attached hydrogen (secondary N) is 1. The summed E-state index contributed by atoms with van der Waals surface area (Å²) in [6, 6.07) is 27.9. The first kappa shape index (κ1) is 30.2. The van der Waals surface area contributed by atoms with Crippen molar-refractivity contribution in [1.82, 2.24) is 15.4 Å². The van der Waals surface area contributed by atoms with E-state index in [9.17, 15) is 0 Å². The summed E-state index contributed by atoms with van der Waals surface area (Å²) in [7, 11) is 4.38. The third-order valence-electron chi connectivity index (χ3n) is 10.0. The van der Waals surface area contributed by atoms with Crippen LogP contribution in [0, 0.1) is 0 Å². The number of fused-ring (bicyclic) bond motifs is 2. The Labute approximate surface area is 277 Å². The molecule has 0 atom stereocenters. The Morgan fingerprint density at radius 2 is 1.52 bits per heavy atom. The van der Waals surface area contributed by atoms with E-state index in [0.29, 0.717) is 0 Å². The van der Waals surface area contributed by atoms with Crippen LogP contribution in [-0.4, -0.2) is 39.8 Å². The van der Waals surface area contributed by atoms with Crippen molar-refractivity contribution in [2.24, 2.45) is 0 Å². The molecule has 3 heterocycles. The van der Waals surface area contributed by atoms with Crippen LogP contribution in [0.3, 0.4) is 0 Å². The molecular formula is C40H42N5S+. The van der Waals surface area contributed by atoms with Crippen LogP contribution in [-0.2, 0) is 10.8 Å². The van der Waals surface area contributed by atoms with Crippen molar-refractivity contribution < 1.29 is 4.58 Å². The van der Waals surface area contributed by atoms with Crippen molar-refractivity contribution in [2.75, 3.05) is 19.0 Å². The number of likely N-dealkylation sites (N-methyl/N-ethyl adjacent to an activating group) is 1. The zero-order chi connectivity index (χ0) is 32.1. The molecule has 0 radical (unpaired) electrons. The van der Waals surface area contributed by atoms with Crippen molar-refractivity contribution in [3.63, 3.8) is 0 Å². The van der Waals surface area contributed by atoms with E-state index in [0.717, 1.165) is 35.5 Å². The number of hydrogen-bond donors (Lipinski definition) is 1. The minimum atomic E-state index is -0.0757. The van der Waals surface area contributed by atoms with E-state index in [2.05, 4.69) is 164 Å². The molecule has 0 saturated carbocycles. The van der Waals surface area contributed by atoms with Gasteiger partial charge in [0.2, 0.25) is 5.69 Å². The van der Waals surface area contributed by atoms with Crippen LogP contribution in [0.4, 0.5) is 11.4 Å². The molecule has 0 bridgehead atoms. The number of anilines is 1. The van der Waals surface area contributed by atoms with E-state index >= 15 is 0 Å². The van der Waals surface area contributed by atoms with E-state index in [1.807, 2.05) is 6.07 Å². The largest absolute Gasteiger partial charge is 0.347 e. The number of aromatic nitrogens is 3. The predicted octanol–water partition coefficient (Wildman–Crippen LogP) is 9.50. The smallest absolute Gasteiger partial charge is 0.209 e. The van der Waals surface area contributed by atoms with E-state index in [4.69, 9.17) is 0 Å². The lowest BCUT2D eigenvalue weighted by Crippen LogP contribution is -2.26. The molecule has 0 amide bonds. The number of thioether (sulfide) groups is 1. The highest BCUT2D eigenvalue weighted by molar-refractivity contribution is 8.03. The van der Waals surface area contributed by atoms with Crippen LogP contribution in [0.2, 0.25) is 0 Å². The molecule has 0 unspecified atom stereocenters. The lowest BCUT2D eigenvalue weighted by atomic mass is 9.81. The molecule has 3 aliphatic rings. The quantitative estimate of drug-likeness (QED) is 0.217. The number of H-pyrrole nitrogens is 1. The molecule has 232 valence electrons. The van der Waals surface area contributed by atoms with Crippen LogP contribution in [0.15, 0.2) is 130 Å². The topological polar surface area (TPSA) is 47.8 Å². The van der Waals surface area contributed by atoms with E-state index < -0.39 is 0 Å². The third kappa shape index (κ3) is 5.09. The van der Waals surface area contributed by atoms with Crippen molar-refractivity contribution in [1.29, 1.82) is 0 Å². The number of benzene rings is 3. The van der Waals surface area contributed by atoms with Crippen LogP contribution in [0.5, 0.6) is 0 Å². The molecule has 2 aliphatic heterocycles. The average molecular weight is 625 g/mol. The summed E-state index contributed by atoms with van der Waals surface area (Å²) < 4.78 is 2.35. The second-order valence-electron chi connectivity index (χ2n) is 13.5. The van der Waals surface area contributed by atoms with Gasteiger partial charge in [-0.15, -0.1) is 5.10 Å². The van der Waals surface area contributed by atoms with E-state index in [1.165, 1.54) is 50.0 Å². The standard InChI is InChI=1S/C40H42N5S/c1-39(2)30-19-10-12-21-32(30)44(5)34(39)25-23-28-17-14-18-29(24-26-35-40(3,4)31-20-11-13-22-33(31)45(35)6)37(28)46-38-36(41-43-42-38)27-15-8-7-9-16-27/h7-13,15-16,19-26H,14,17-18H2,1-6H3,(H,41,42,43)/q+1. The lowest BCUT2D eigenvalue weighted by Gasteiger charge is -2.25. The highest BCUT2D eigenvalue weighted by Gasteiger charge is 2.42. The molecular weight excluding hydrogens is 583 g/mol. The number of allylic oxidation sites excluding steroid dienone is 7. The first-order valence-electron chi connectivity index (χ1n) is 16.2. The summed E-state index contributed by atoms with van der Waals surface area (Å²) in [6.45, 7) is 9.32. The van der Waals surface area contributed by atoms with Crippen LogP contribution in [0.25, 0.3) is 11.3 Å². The monoisotopic (exact) mass is 624 g/mol. The van der Waals surface area contributed by atoms with Gasteiger partial charge in [0.25, 0.3) is 0 Å². The molecule has 0 fully saturated rings. The summed E-state index contributed by atoms with van der Waals surface area (Å²) in [5.41, 5.74) is 12.4. The van der Waals surface area contributed by atoms with Crippen LogP contribution in [0.1, 0.15) is 58.1 Å². The number of aromatic amines is 1. The molecule has 1 aliphatic carbocycles. The summed E-state index contributed by atoms with van der Waals surface area (Å²) in [5, 5.41) is 13.0. The number of rotatable bonds is 6. The van der Waals surface area contributed by atoms with Gasteiger partial charge in [-0.2, -0.15) is 14.9 Å². The zero-order valence-corrected chi connectivity index (χ0v) is 28.4. The maximum atomic E-state index is 4.66. The molecule has 0 spiro atoms. The van der Waals surface area contributed by atoms with Crippen LogP contribution < -0.4 is 4.90 Å². The molecule has 3 aromatic carbocycles. The van der Waals surface area contributed by atoms with Gasteiger partial charge in [-0.25, -0.2) is 0 Å². The Hall–Kier alpha value is -4.42. The average Bonchev–Trinajstić information content (AvgIpc) is 3.66. The zero-order valence-electron chi connectivity index (χ0n) is 27.6. The summed E-state index contributed by atoms with van der Waals surface area (Å²) in [5.74, 6) is 0. The Balaban J connectivity index is 1.32. The fourth-order valence-electron chi connectivity index (χ4n) is 7.49. The van der Waals surface area contributed by atoms with Gasteiger partial charge in [-0.05, 0) is 62.0 Å². The Morgan fingerprint density at radius 3 is 2.28 bits per heavy atom. The number of nitrogens with zero attached hydrogens (tertiary/aromatic N) is 4. The van der Waals surface area contributed by atoms with E-state index in [-0.39, 0.29) is 10.8 Å². The van der Waals surface area contributed by atoms with E-state index in [1.54, 1.807) is 11.8 Å². The summed E-state index contributed by atoms with van der Waals surface area (Å²) in [6.07, 6.45) is 12.6. The molecule has 1 N–H and O–H groups in total. The van der Waals surface area contributed by atoms with Crippen molar-refractivity contribution in [3.05, 3.63) is 136 Å². The van der Waals surface area contributed by atoms with Gasteiger partial charge in [-0.3, -0.25) is 0 Å². The molecule has 5 nitrogen and oxygen atoms in total. The first-order chi connectivity index (χ1) is 22.2. The maximum Gasteiger partial charge on any atom is 0.209 e. The van der Waals surface area contributed by atoms with Gasteiger partial charge in [0.05, 0.1) is 5.41 Å². The minimum Gasteiger partial charge on any atom is -0.347 e. The molecule has 7 rings (SSSR count). The van der Waals surface area contributed by atoms with Gasteiger partial charge in [0.1, 0.15) is 12.7 Å². The van der Waals surface area contributed by atoms with Crippen molar-refractivity contribution >= 4 is 28.8 Å². The SMILES string of the molecule is CN1/C(=C/C=C2\CCCC(C=CC3=[N+](C)c4ccccc4C3(C)C)=C2Sc2n[nH]nc2-c2ccccc2)C(C)(C)c2ccccc21. The van der Waals surface area contributed by atoms with Gasteiger partial charge < -0.3 is 4.90 Å². The second-order valence-corrected chi connectivity index (χ2v) is 14.5. The third-order valence-corrected chi connectivity index (χ3v) is 11.2. The highest BCUT2D eigenvalue weighted by atomic mass is 32.2. The van der Waals surface area contributed by atoms with Crippen LogP contribution >= 0.6 is 11.8 Å². The Kier molecular flexibility index (Phi) is 7.72. The number of hydrogen-bond acceptors (Lipinski definition) is 4. The maximum absolute atomic E-state index is 4.66. The minimum absolute atomic E-state index is 0.0757.